The number of carboxylic acids is 1. The highest BCUT2D eigenvalue weighted by Crippen LogP contribution is 2.29. The maximum absolute atomic E-state index is 12.3. The highest BCUT2D eigenvalue weighted by molar-refractivity contribution is 6.34. The summed E-state index contributed by atoms with van der Waals surface area (Å²) in [6.45, 7) is 0. The van der Waals surface area contributed by atoms with E-state index in [1.165, 1.54) is 18.2 Å². The van der Waals surface area contributed by atoms with Crippen LogP contribution in [0, 0.1) is 0 Å². The number of anilines is 2. The van der Waals surface area contributed by atoms with Gasteiger partial charge in [0.15, 0.2) is 0 Å². The molecule has 2 aromatic carbocycles. The molecular formula is C15H10N2O4. The Morgan fingerprint density at radius 1 is 0.952 bits per heavy atom. The van der Waals surface area contributed by atoms with Gasteiger partial charge in [0, 0.05) is 5.69 Å². The first-order valence-electron chi connectivity index (χ1n) is 6.10. The molecule has 2 amide bonds. The molecule has 0 fully saturated rings. The maximum atomic E-state index is 12.3. The number of benzene rings is 2. The largest absolute Gasteiger partial charge is 0.478 e. The fourth-order valence-corrected chi connectivity index (χ4v) is 2.23. The number of nitrogens with two attached hydrogens (primary N) is 1. The lowest BCUT2D eigenvalue weighted by Crippen LogP contribution is -2.29. The van der Waals surface area contributed by atoms with E-state index in [-0.39, 0.29) is 16.7 Å². The van der Waals surface area contributed by atoms with Crippen LogP contribution in [-0.4, -0.2) is 22.9 Å². The highest BCUT2D eigenvalue weighted by atomic mass is 16.4. The molecule has 3 rings (SSSR count). The number of nitrogen functional groups attached to an aromatic ring is 1. The van der Waals surface area contributed by atoms with E-state index in [2.05, 4.69) is 0 Å². The van der Waals surface area contributed by atoms with Gasteiger partial charge < -0.3 is 10.8 Å². The summed E-state index contributed by atoms with van der Waals surface area (Å²) in [7, 11) is 0. The topological polar surface area (TPSA) is 101 Å². The van der Waals surface area contributed by atoms with E-state index in [0.29, 0.717) is 11.4 Å². The van der Waals surface area contributed by atoms with Crippen LogP contribution in [0.5, 0.6) is 0 Å². The number of fused-ring (bicyclic) bond motifs is 1. The number of nitrogens with zero attached hydrogens (tertiary/aromatic N) is 1. The molecule has 0 atom stereocenters. The smallest absolute Gasteiger partial charge is 0.335 e. The zero-order valence-corrected chi connectivity index (χ0v) is 10.7. The average Bonchev–Trinajstić information content (AvgIpc) is 2.72. The summed E-state index contributed by atoms with van der Waals surface area (Å²) in [6.07, 6.45) is 0. The van der Waals surface area contributed by atoms with Gasteiger partial charge in [0.05, 0.1) is 22.4 Å². The van der Waals surface area contributed by atoms with E-state index in [9.17, 15) is 14.4 Å². The molecule has 3 N–H and O–H groups in total. The molecule has 0 aromatic heterocycles. The molecule has 21 heavy (non-hydrogen) atoms. The van der Waals surface area contributed by atoms with Gasteiger partial charge in [0.25, 0.3) is 11.8 Å². The van der Waals surface area contributed by atoms with Gasteiger partial charge in [-0.05, 0) is 42.5 Å². The summed E-state index contributed by atoms with van der Waals surface area (Å²) in [4.78, 5) is 36.6. The van der Waals surface area contributed by atoms with Crippen molar-refractivity contribution in [1.29, 1.82) is 0 Å². The van der Waals surface area contributed by atoms with Crippen LogP contribution in [0.4, 0.5) is 11.4 Å². The molecule has 0 bridgehead atoms. The highest BCUT2D eigenvalue weighted by Gasteiger charge is 2.37. The van der Waals surface area contributed by atoms with E-state index in [0.717, 1.165) is 4.90 Å². The molecule has 0 unspecified atom stereocenters. The Hall–Kier alpha value is -3.15. The Balaban J connectivity index is 2.08. The van der Waals surface area contributed by atoms with Gasteiger partial charge in [-0.15, -0.1) is 0 Å². The molecule has 6 heteroatoms. The van der Waals surface area contributed by atoms with Crippen molar-refractivity contribution in [3.63, 3.8) is 0 Å². The van der Waals surface area contributed by atoms with E-state index < -0.39 is 17.8 Å². The number of hydrogen-bond donors (Lipinski definition) is 2. The molecule has 0 saturated heterocycles. The van der Waals surface area contributed by atoms with Crippen LogP contribution in [0.25, 0.3) is 0 Å². The number of carboxylic acid groups (broad SMARTS) is 1. The summed E-state index contributed by atoms with van der Waals surface area (Å²) in [6, 6.07) is 10.2. The molecule has 0 aliphatic carbocycles. The second kappa shape index (κ2) is 4.45. The molecule has 1 heterocycles. The summed E-state index contributed by atoms with van der Waals surface area (Å²) in [5.41, 5.74) is 6.75. The van der Waals surface area contributed by atoms with E-state index in [4.69, 9.17) is 10.8 Å². The minimum absolute atomic E-state index is 0.0333. The van der Waals surface area contributed by atoms with Crippen LogP contribution < -0.4 is 10.6 Å². The van der Waals surface area contributed by atoms with Gasteiger partial charge in [-0.3, -0.25) is 9.59 Å². The normalized spacial score (nSPS) is 13.4. The zero-order valence-electron chi connectivity index (χ0n) is 10.7. The number of hydrogen-bond acceptors (Lipinski definition) is 4. The predicted molar refractivity (Wildman–Crippen MR) is 75.4 cm³/mol. The number of carbonyl (C=O) groups is 3. The monoisotopic (exact) mass is 282 g/mol. The van der Waals surface area contributed by atoms with Crippen molar-refractivity contribution in [2.75, 3.05) is 10.6 Å². The minimum Gasteiger partial charge on any atom is -0.478 e. The SMILES string of the molecule is Nc1ccc(N2C(=O)c3ccc(C(=O)O)cc3C2=O)cc1. The molecule has 0 spiro atoms. The number of rotatable bonds is 2. The molecule has 0 radical (unpaired) electrons. The Morgan fingerprint density at radius 2 is 1.57 bits per heavy atom. The van der Waals surface area contributed by atoms with Gasteiger partial charge in [-0.1, -0.05) is 0 Å². The van der Waals surface area contributed by atoms with Crippen LogP contribution >= 0.6 is 0 Å². The van der Waals surface area contributed by atoms with Gasteiger partial charge in [0.1, 0.15) is 0 Å². The van der Waals surface area contributed by atoms with Crippen molar-refractivity contribution in [2.24, 2.45) is 0 Å². The van der Waals surface area contributed by atoms with Crippen molar-refractivity contribution >= 4 is 29.2 Å². The fourth-order valence-electron chi connectivity index (χ4n) is 2.23. The van der Waals surface area contributed by atoms with Crippen molar-refractivity contribution in [2.45, 2.75) is 0 Å². The van der Waals surface area contributed by atoms with Gasteiger partial charge >= 0.3 is 5.97 Å². The van der Waals surface area contributed by atoms with Crippen LogP contribution in [0.3, 0.4) is 0 Å². The molecule has 6 nitrogen and oxygen atoms in total. The maximum Gasteiger partial charge on any atom is 0.335 e. The Morgan fingerprint density at radius 3 is 2.19 bits per heavy atom. The third kappa shape index (κ3) is 1.93. The predicted octanol–water partition coefficient (Wildman–Crippen LogP) is 1.77. The number of amides is 2. The number of imide groups is 1. The van der Waals surface area contributed by atoms with Crippen LogP contribution in [0.15, 0.2) is 42.5 Å². The summed E-state index contributed by atoms with van der Waals surface area (Å²) in [5, 5.41) is 8.96. The molecule has 1 aliphatic rings. The Labute approximate surface area is 119 Å². The molecular weight excluding hydrogens is 272 g/mol. The summed E-state index contributed by atoms with van der Waals surface area (Å²) < 4.78 is 0. The van der Waals surface area contributed by atoms with Crippen LogP contribution in [0.2, 0.25) is 0 Å². The van der Waals surface area contributed by atoms with Crippen LogP contribution in [0.1, 0.15) is 31.1 Å². The number of aromatic carboxylic acids is 1. The fraction of sp³-hybridized carbons (Fsp3) is 0. The van der Waals surface area contributed by atoms with Crippen molar-refractivity contribution in [3.8, 4) is 0 Å². The van der Waals surface area contributed by atoms with E-state index >= 15 is 0 Å². The minimum atomic E-state index is -1.15. The summed E-state index contributed by atoms with van der Waals surface area (Å²) >= 11 is 0. The van der Waals surface area contributed by atoms with Gasteiger partial charge in [-0.25, -0.2) is 9.69 Å². The average molecular weight is 282 g/mol. The van der Waals surface area contributed by atoms with Gasteiger partial charge in [-0.2, -0.15) is 0 Å². The molecule has 1 aliphatic heterocycles. The lowest BCUT2D eigenvalue weighted by Gasteiger charge is -2.13. The second-order valence-electron chi connectivity index (χ2n) is 4.60. The molecule has 2 aromatic rings. The lowest BCUT2D eigenvalue weighted by molar-refractivity contribution is 0.0696. The first-order valence-corrected chi connectivity index (χ1v) is 6.10. The molecule has 104 valence electrons. The first kappa shape index (κ1) is 12.9. The standard InChI is InChI=1S/C15H10N2O4/c16-9-2-4-10(5-3-9)17-13(18)11-6-1-8(15(20)21)7-12(11)14(17)19/h1-7H,16H2,(H,20,21). The van der Waals surface area contributed by atoms with Crippen LogP contribution in [-0.2, 0) is 0 Å². The van der Waals surface area contributed by atoms with Gasteiger partial charge in [0.2, 0.25) is 0 Å². The van der Waals surface area contributed by atoms with Crippen molar-refractivity contribution < 1.29 is 19.5 Å². The van der Waals surface area contributed by atoms with Crippen molar-refractivity contribution in [1.82, 2.24) is 0 Å². The van der Waals surface area contributed by atoms with E-state index in [1.807, 2.05) is 0 Å². The summed E-state index contributed by atoms with van der Waals surface area (Å²) in [5.74, 6) is -2.16. The zero-order chi connectivity index (χ0) is 15.1. The second-order valence-corrected chi connectivity index (χ2v) is 4.60. The van der Waals surface area contributed by atoms with Crippen molar-refractivity contribution in [3.05, 3.63) is 59.2 Å². The Kier molecular flexibility index (Phi) is 2.72. The van der Waals surface area contributed by atoms with E-state index in [1.54, 1.807) is 24.3 Å². The molecule has 0 saturated carbocycles. The quantitative estimate of drug-likeness (QED) is 0.645. The lowest BCUT2D eigenvalue weighted by atomic mass is 10.1. The first-order chi connectivity index (χ1) is 9.99. The third-order valence-corrected chi connectivity index (χ3v) is 3.28. The number of carbonyl (C=O) groups excluding carboxylic acids is 2. The Bertz CT molecular complexity index is 781. The third-order valence-electron chi connectivity index (χ3n) is 3.28.